The Morgan fingerprint density at radius 2 is 2.27 bits per heavy atom. The van der Waals surface area contributed by atoms with E-state index in [0.29, 0.717) is 13.2 Å². The van der Waals surface area contributed by atoms with Gasteiger partial charge in [0.2, 0.25) is 5.91 Å². The lowest BCUT2D eigenvalue weighted by Gasteiger charge is -2.24. The standard InChI is InChI=1S/C16H20N2O2S2/c1-11-9-22-16(17-11)14(8-12-4-7-21-10-12)18-15(19)13-2-5-20-6-3-13/h4,7,9-10,13-14H,2-3,5-6,8H2,1H3,(H,18,19). The topological polar surface area (TPSA) is 51.2 Å². The van der Waals surface area contributed by atoms with E-state index in [2.05, 4.69) is 27.1 Å². The largest absolute Gasteiger partial charge is 0.381 e. The summed E-state index contributed by atoms with van der Waals surface area (Å²) in [7, 11) is 0. The molecule has 0 radical (unpaired) electrons. The number of carbonyl (C=O) groups excluding carboxylic acids is 1. The van der Waals surface area contributed by atoms with E-state index in [9.17, 15) is 4.79 Å². The third-order valence-corrected chi connectivity index (χ3v) is 5.67. The SMILES string of the molecule is Cc1csc(C(Cc2ccsc2)NC(=O)C2CCOCC2)n1. The summed E-state index contributed by atoms with van der Waals surface area (Å²) in [5.74, 6) is 0.205. The number of carbonyl (C=O) groups is 1. The third kappa shape index (κ3) is 3.94. The van der Waals surface area contributed by atoms with Crippen LogP contribution in [0.5, 0.6) is 0 Å². The van der Waals surface area contributed by atoms with E-state index >= 15 is 0 Å². The Morgan fingerprint density at radius 3 is 2.91 bits per heavy atom. The van der Waals surface area contributed by atoms with Gasteiger partial charge in [0.05, 0.1) is 6.04 Å². The van der Waals surface area contributed by atoms with Crippen LogP contribution in [0, 0.1) is 12.8 Å². The molecule has 22 heavy (non-hydrogen) atoms. The lowest BCUT2D eigenvalue weighted by molar-refractivity contribution is -0.128. The molecule has 118 valence electrons. The van der Waals surface area contributed by atoms with Crippen LogP contribution in [0.3, 0.4) is 0 Å². The zero-order valence-corrected chi connectivity index (χ0v) is 14.2. The second kappa shape index (κ2) is 7.35. The molecule has 1 N–H and O–H groups in total. The number of hydrogen-bond donors (Lipinski definition) is 1. The normalized spacial score (nSPS) is 17.3. The number of thiazole rings is 1. The Labute approximate surface area is 138 Å². The van der Waals surface area contributed by atoms with Gasteiger partial charge in [-0.1, -0.05) is 0 Å². The van der Waals surface area contributed by atoms with Gasteiger partial charge in [0.15, 0.2) is 0 Å². The Morgan fingerprint density at radius 1 is 1.45 bits per heavy atom. The van der Waals surface area contributed by atoms with E-state index in [1.54, 1.807) is 22.7 Å². The summed E-state index contributed by atoms with van der Waals surface area (Å²) >= 11 is 3.30. The molecule has 1 atom stereocenters. The predicted molar refractivity (Wildman–Crippen MR) is 89.3 cm³/mol. The van der Waals surface area contributed by atoms with Crippen molar-refractivity contribution in [1.82, 2.24) is 10.3 Å². The minimum atomic E-state index is -0.0383. The molecule has 3 heterocycles. The Balaban J connectivity index is 1.71. The minimum Gasteiger partial charge on any atom is -0.381 e. The summed E-state index contributed by atoms with van der Waals surface area (Å²) in [6, 6.07) is 2.07. The molecule has 0 spiro atoms. The monoisotopic (exact) mass is 336 g/mol. The quantitative estimate of drug-likeness (QED) is 0.911. The first-order valence-corrected chi connectivity index (χ1v) is 9.36. The zero-order valence-electron chi connectivity index (χ0n) is 12.6. The van der Waals surface area contributed by atoms with Gasteiger partial charge in [0.1, 0.15) is 5.01 Å². The van der Waals surface area contributed by atoms with Crippen LogP contribution >= 0.6 is 22.7 Å². The van der Waals surface area contributed by atoms with Crippen LogP contribution < -0.4 is 5.32 Å². The first-order chi connectivity index (χ1) is 10.7. The molecule has 0 saturated carbocycles. The first-order valence-electron chi connectivity index (χ1n) is 7.53. The number of hydrogen-bond acceptors (Lipinski definition) is 5. The van der Waals surface area contributed by atoms with E-state index in [1.165, 1.54) is 5.56 Å². The zero-order chi connectivity index (χ0) is 15.4. The van der Waals surface area contributed by atoms with Crippen molar-refractivity contribution < 1.29 is 9.53 Å². The maximum Gasteiger partial charge on any atom is 0.223 e. The highest BCUT2D eigenvalue weighted by atomic mass is 32.1. The molecule has 1 saturated heterocycles. The maximum atomic E-state index is 12.5. The highest BCUT2D eigenvalue weighted by Gasteiger charge is 2.25. The van der Waals surface area contributed by atoms with Crippen molar-refractivity contribution in [3.8, 4) is 0 Å². The molecule has 1 fully saturated rings. The van der Waals surface area contributed by atoms with Crippen molar-refractivity contribution in [1.29, 1.82) is 0 Å². The van der Waals surface area contributed by atoms with Gasteiger partial charge in [-0.05, 0) is 42.2 Å². The lowest BCUT2D eigenvalue weighted by atomic mass is 9.98. The van der Waals surface area contributed by atoms with Gasteiger partial charge in [-0.2, -0.15) is 11.3 Å². The van der Waals surface area contributed by atoms with Gasteiger partial charge in [-0.15, -0.1) is 11.3 Å². The highest BCUT2D eigenvalue weighted by molar-refractivity contribution is 7.09. The second-order valence-electron chi connectivity index (χ2n) is 5.61. The number of nitrogens with one attached hydrogen (secondary N) is 1. The van der Waals surface area contributed by atoms with E-state index in [4.69, 9.17) is 4.74 Å². The number of thiophene rings is 1. The fourth-order valence-corrected chi connectivity index (χ4v) is 4.15. The molecule has 0 bridgehead atoms. The second-order valence-corrected chi connectivity index (χ2v) is 7.28. The number of rotatable bonds is 5. The van der Waals surface area contributed by atoms with Crippen molar-refractivity contribution in [3.05, 3.63) is 38.5 Å². The third-order valence-electron chi connectivity index (χ3n) is 3.86. The summed E-state index contributed by atoms with van der Waals surface area (Å²) in [4.78, 5) is 17.1. The number of aryl methyl sites for hydroxylation is 1. The van der Waals surface area contributed by atoms with Crippen LogP contribution in [-0.4, -0.2) is 24.1 Å². The molecule has 3 rings (SSSR count). The van der Waals surface area contributed by atoms with Crippen molar-refractivity contribution in [3.63, 3.8) is 0 Å². The van der Waals surface area contributed by atoms with Gasteiger partial charge in [0.25, 0.3) is 0 Å². The number of ether oxygens (including phenoxy) is 1. The number of nitrogens with zero attached hydrogens (tertiary/aromatic N) is 1. The first kappa shape index (κ1) is 15.6. The van der Waals surface area contributed by atoms with Crippen molar-refractivity contribution in [2.45, 2.75) is 32.2 Å². The molecular weight excluding hydrogens is 316 g/mol. The number of aromatic nitrogens is 1. The molecule has 6 heteroatoms. The lowest BCUT2D eigenvalue weighted by Crippen LogP contribution is -2.37. The van der Waals surface area contributed by atoms with E-state index < -0.39 is 0 Å². The summed E-state index contributed by atoms with van der Waals surface area (Å²) in [6.45, 7) is 3.36. The fourth-order valence-electron chi connectivity index (χ4n) is 2.63. The van der Waals surface area contributed by atoms with Crippen LogP contribution in [0.1, 0.15) is 35.1 Å². The van der Waals surface area contributed by atoms with Gasteiger partial charge < -0.3 is 10.1 Å². The van der Waals surface area contributed by atoms with Gasteiger partial charge >= 0.3 is 0 Å². The van der Waals surface area contributed by atoms with Crippen LogP contribution in [0.4, 0.5) is 0 Å². The average Bonchev–Trinajstić information content (AvgIpc) is 3.19. The molecule has 0 aromatic carbocycles. The molecule has 1 amide bonds. The van der Waals surface area contributed by atoms with E-state index in [0.717, 1.165) is 30.0 Å². The van der Waals surface area contributed by atoms with Gasteiger partial charge in [-0.3, -0.25) is 4.79 Å². The predicted octanol–water partition coefficient (Wildman–Crippen LogP) is 3.34. The van der Waals surface area contributed by atoms with Crippen molar-refractivity contribution in [2.75, 3.05) is 13.2 Å². The van der Waals surface area contributed by atoms with E-state index in [-0.39, 0.29) is 17.9 Å². The van der Waals surface area contributed by atoms with Crippen molar-refractivity contribution in [2.24, 2.45) is 5.92 Å². The molecule has 4 nitrogen and oxygen atoms in total. The molecule has 2 aromatic rings. The average molecular weight is 336 g/mol. The van der Waals surface area contributed by atoms with E-state index in [1.807, 2.05) is 12.3 Å². The number of amides is 1. The summed E-state index contributed by atoms with van der Waals surface area (Å²) in [5.41, 5.74) is 2.26. The summed E-state index contributed by atoms with van der Waals surface area (Å²) in [5, 5.41) is 10.4. The van der Waals surface area contributed by atoms with Gasteiger partial charge in [-0.25, -0.2) is 4.98 Å². The summed E-state index contributed by atoms with van der Waals surface area (Å²) in [6.07, 6.45) is 2.42. The Hall–Kier alpha value is -1.24. The Kier molecular flexibility index (Phi) is 5.23. The van der Waals surface area contributed by atoms with Crippen molar-refractivity contribution >= 4 is 28.6 Å². The van der Waals surface area contributed by atoms with Crippen LogP contribution in [0.25, 0.3) is 0 Å². The molecule has 1 unspecified atom stereocenters. The maximum absolute atomic E-state index is 12.5. The van der Waals surface area contributed by atoms with Crippen LogP contribution in [-0.2, 0) is 16.0 Å². The molecule has 2 aromatic heterocycles. The summed E-state index contributed by atoms with van der Waals surface area (Å²) < 4.78 is 5.34. The Bertz CT molecular complexity index is 603. The molecule has 1 aliphatic heterocycles. The minimum absolute atomic E-state index is 0.0383. The molecule has 1 aliphatic rings. The molecule has 0 aliphatic carbocycles. The van der Waals surface area contributed by atoms with Crippen LogP contribution in [0.15, 0.2) is 22.2 Å². The smallest absolute Gasteiger partial charge is 0.223 e. The molecular formula is C16H20N2O2S2. The van der Waals surface area contributed by atoms with Gasteiger partial charge in [0, 0.05) is 36.6 Å². The highest BCUT2D eigenvalue weighted by Crippen LogP contribution is 2.25. The fraction of sp³-hybridized carbons (Fsp3) is 0.500. The van der Waals surface area contributed by atoms with Crippen LogP contribution in [0.2, 0.25) is 0 Å².